The number of nitrogens with one attached hydrogen (secondary N) is 3. The van der Waals surface area contributed by atoms with E-state index in [-0.39, 0.29) is 44.2 Å². The summed E-state index contributed by atoms with van der Waals surface area (Å²) in [6, 6.07) is -5.30. The normalized spacial score (nSPS) is 19.6. The molecule has 0 aromatic rings. The van der Waals surface area contributed by atoms with Crippen LogP contribution in [-0.2, 0) is 38.2 Å². The summed E-state index contributed by atoms with van der Waals surface area (Å²) < 4.78 is 10.6. The average Bonchev–Trinajstić information content (AvgIpc) is 3.70. The van der Waals surface area contributed by atoms with E-state index in [1.165, 1.54) is 9.80 Å². The number of rotatable bonds is 17. The largest absolute Gasteiger partial charge is 0.463 e. The molecule has 2 aliphatic rings. The number of likely N-dealkylation sites (tertiary alicyclic amines) is 2. The van der Waals surface area contributed by atoms with Gasteiger partial charge in [-0.3, -0.25) is 24.0 Å². The highest BCUT2D eigenvalue weighted by Gasteiger charge is 2.42. The van der Waals surface area contributed by atoms with Gasteiger partial charge in [0.15, 0.2) is 5.03 Å². The highest BCUT2D eigenvalue weighted by molar-refractivity contribution is 5.97. The molecule has 2 saturated heterocycles. The van der Waals surface area contributed by atoms with Crippen molar-refractivity contribution in [2.45, 2.75) is 129 Å². The van der Waals surface area contributed by atoms with E-state index in [2.05, 4.69) is 15.6 Å². The molecule has 7 N–H and O–H groups in total. The number of hydrogen-bond donors (Lipinski definition) is 5. The zero-order valence-corrected chi connectivity index (χ0v) is 29.7. The van der Waals surface area contributed by atoms with Crippen molar-refractivity contribution in [3.8, 4) is 0 Å². The highest BCUT2D eigenvalue weighted by Crippen LogP contribution is 2.23. The zero-order valence-electron chi connectivity index (χ0n) is 29.7. The lowest BCUT2D eigenvalue weighted by molar-refractivity contribution is -0.525. The van der Waals surface area contributed by atoms with Gasteiger partial charge in [0.25, 0.3) is 5.96 Å². The molecule has 5 atom stereocenters. The van der Waals surface area contributed by atoms with Crippen molar-refractivity contribution in [3.05, 3.63) is 10.1 Å². The molecule has 282 valence electrons. The van der Waals surface area contributed by atoms with Crippen LogP contribution in [0.2, 0.25) is 0 Å². The standard InChI is InChI=1S/C31H53N9O10/c1-17(2)25(32)29(45)39-15-9-12-23(39)27(43)36-21(16-24(41)49-18(3)4)28(44)38-14-8-11-22(38)26(42)35-20(30(46)50-19(5)6)10-7-13-34-31(33)37-40(47)48/h17-23,25H,7-16,32H2,1-6H3,(H,35,42)(H,36,43)(H3,33,34,37). The fourth-order valence-corrected chi connectivity index (χ4v) is 5.68. The van der Waals surface area contributed by atoms with Crippen LogP contribution in [0.15, 0.2) is 4.99 Å². The third kappa shape index (κ3) is 12.7. The summed E-state index contributed by atoms with van der Waals surface area (Å²) in [5.41, 5.74) is 13.2. The van der Waals surface area contributed by atoms with Crippen LogP contribution in [-0.4, -0.2) is 118 Å². The van der Waals surface area contributed by atoms with Gasteiger partial charge in [0.2, 0.25) is 23.6 Å². The van der Waals surface area contributed by atoms with Crippen molar-refractivity contribution in [2.24, 2.45) is 22.4 Å². The van der Waals surface area contributed by atoms with Crippen LogP contribution in [0.4, 0.5) is 0 Å². The predicted octanol–water partition coefficient (Wildman–Crippen LogP) is -0.909. The minimum atomic E-state index is -1.41. The zero-order chi connectivity index (χ0) is 37.7. The molecule has 4 amide bonds. The van der Waals surface area contributed by atoms with Crippen LogP contribution < -0.4 is 27.5 Å². The summed E-state index contributed by atoms with van der Waals surface area (Å²) in [6.45, 7) is 10.6. The second-order valence-corrected chi connectivity index (χ2v) is 13.3. The van der Waals surface area contributed by atoms with Gasteiger partial charge in [0.1, 0.15) is 24.2 Å². The van der Waals surface area contributed by atoms with Gasteiger partial charge in [-0.1, -0.05) is 19.3 Å². The minimum absolute atomic E-state index is 0.00330. The molecule has 0 aromatic carbocycles. The summed E-state index contributed by atoms with van der Waals surface area (Å²) in [6.07, 6.45) is 0.297. The number of amides is 4. The average molecular weight is 712 g/mol. The molecule has 0 radical (unpaired) electrons. The van der Waals surface area contributed by atoms with E-state index in [9.17, 15) is 38.9 Å². The molecule has 0 spiro atoms. The van der Waals surface area contributed by atoms with E-state index in [4.69, 9.17) is 20.9 Å². The Morgan fingerprint density at radius 2 is 1.38 bits per heavy atom. The van der Waals surface area contributed by atoms with Gasteiger partial charge in [-0.25, -0.2) is 19.9 Å². The maximum atomic E-state index is 14.0. The van der Waals surface area contributed by atoms with Crippen molar-refractivity contribution >= 4 is 41.5 Å². The summed E-state index contributed by atoms with van der Waals surface area (Å²) in [7, 11) is 0. The second kappa shape index (κ2) is 19.6. The summed E-state index contributed by atoms with van der Waals surface area (Å²) >= 11 is 0. The van der Waals surface area contributed by atoms with Crippen molar-refractivity contribution in [1.82, 2.24) is 25.9 Å². The van der Waals surface area contributed by atoms with Crippen molar-refractivity contribution in [1.29, 1.82) is 0 Å². The first-order valence-corrected chi connectivity index (χ1v) is 17.0. The molecule has 0 saturated carbocycles. The smallest absolute Gasteiger partial charge is 0.328 e. The lowest BCUT2D eigenvalue weighted by Crippen LogP contribution is -2.58. The first kappa shape index (κ1) is 41.6. The number of esters is 2. The van der Waals surface area contributed by atoms with Crippen LogP contribution in [0.1, 0.15) is 86.5 Å². The number of nitro groups is 1. The SMILES string of the molecule is CC(C)OC(=O)CC(NC(=O)C1CCCN1C(=O)C(N)C(C)C)C(=O)N1CCCC1C(=O)NC(CCCN=C(N)N[N+](=O)[O-])C(=O)OC(C)C. The Labute approximate surface area is 291 Å². The molecule has 2 aliphatic heterocycles. The number of aliphatic imine (C=N–C) groups is 1. The third-order valence-electron chi connectivity index (χ3n) is 8.12. The van der Waals surface area contributed by atoms with Gasteiger partial charge in [-0.15, -0.1) is 0 Å². The van der Waals surface area contributed by atoms with Gasteiger partial charge < -0.3 is 41.4 Å². The fraction of sp³-hybridized carbons (Fsp3) is 0.774. The fourth-order valence-electron chi connectivity index (χ4n) is 5.68. The van der Waals surface area contributed by atoms with E-state index in [0.717, 1.165) is 0 Å². The van der Waals surface area contributed by atoms with E-state index in [1.807, 2.05) is 0 Å². The van der Waals surface area contributed by atoms with E-state index < -0.39 is 89.5 Å². The second-order valence-electron chi connectivity index (χ2n) is 13.3. The Bertz CT molecular complexity index is 1280. The molecule has 19 nitrogen and oxygen atoms in total. The number of carbonyl (C=O) groups excluding carboxylic acids is 6. The van der Waals surface area contributed by atoms with E-state index in [0.29, 0.717) is 25.8 Å². The van der Waals surface area contributed by atoms with Crippen LogP contribution in [0.25, 0.3) is 0 Å². The van der Waals surface area contributed by atoms with Crippen molar-refractivity contribution in [3.63, 3.8) is 0 Å². The van der Waals surface area contributed by atoms with Crippen LogP contribution in [0, 0.1) is 16.0 Å². The molecule has 2 fully saturated rings. The Morgan fingerprint density at radius 1 is 0.860 bits per heavy atom. The van der Waals surface area contributed by atoms with Gasteiger partial charge in [-0.2, -0.15) is 0 Å². The number of hydrogen-bond acceptors (Lipinski definition) is 12. The molecule has 0 aromatic heterocycles. The Balaban J connectivity index is 2.24. The van der Waals surface area contributed by atoms with Crippen LogP contribution >= 0.6 is 0 Å². The van der Waals surface area contributed by atoms with Crippen LogP contribution in [0.5, 0.6) is 0 Å². The Morgan fingerprint density at radius 3 is 1.88 bits per heavy atom. The molecule has 0 aliphatic carbocycles. The summed E-state index contributed by atoms with van der Waals surface area (Å²) in [5.74, 6) is -4.41. The van der Waals surface area contributed by atoms with Gasteiger partial charge in [0, 0.05) is 19.6 Å². The van der Waals surface area contributed by atoms with Gasteiger partial charge in [-0.05, 0) is 72.1 Å². The topological polar surface area (TPSA) is 271 Å². The Kier molecular flexibility index (Phi) is 16.3. The van der Waals surface area contributed by atoms with Crippen molar-refractivity contribution in [2.75, 3.05) is 19.6 Å². The molecule has 19 heteroatoms. The first-order valence-electron chi connectivity index (χ1n) is 17.0. The maximum absolute atomic E-state index is 14.0. The molecular formula is C31H53N9O10. The number of guanidine groups is 1. The number of hydrazine groups is 1. The number of nitrogens with two attached hydrogens (primary N) is 2. The molecular weight excluding hydrogens is 658 g/mol. The maximum Gasteiger partial charge on any atom is 0.328 e. The number of carbonyl (C=O) groups is 6. The summed E-state index contributed by atoms with van der Waals surface area (Å²) in [4.78, 5) is 96.9. The monoisotopic (exact) mass is 711 g/mol. The molecule has 5 unspecified atom stereocenters. The molecule has 2 rings (SSSR count). The van der Waals surface area contributed by atoms with E-state index in [1.54, 1.807) is 47.0 Å². The van der Waals surface area contributed by atoms with E-state index >= 15 is 0 Å². The van der Waals surface area contributed by atoms with Gasteiger partial charge >= 0.3 is 11.9 Å². The highest BCUT2D eigenvalue weighted by atomic mass is 16.7. The first-order chi connectivity index (χ1) is 23.4. The Hall–Kier alpha value is -4.55. The van der Waals surface area contributed by atoms with Crippen LogP contribution in [0.3, 0.4) is 0 Å². The lowest BCUT2D eigenvalue weighted by atomic mass is 10.0. The number of nitrogens with zero attached hydrogens (tertiary/aromatic N) is 4. The molecule has 50 heavy (non-hydrogen) atoms. The molecule has 2 heterocycles. The van der Waals surface area contributed by atoms with Crippen molar-refractivity contribution < 1.29 is 43.3 Å². The van der Waals surface area contributed by atoms with Gasteiger partial charge in [0.05, 0.1) is 24.7 Å². The quantitative estimate of drug-likeness (QED) is 0.0306. The minimum Gasteiger partial charge on any atom is -0.463 e. The summed E-state index contributed by atoms with van der Waals surface area (Å²) in [5, 5.41) is 15.0. The molecule has 0 bridgehead atoms. The third-order valence-corrected chi connectivity index (χ3v) is 8.12. The number of ether oxygens (including phenoxy) is 2. The lowest BCUT2D eigenvalue weighted by Gasteiger charge is -2.32. The predicted molar refractivity (Wildman–Crippen MR) is 179 cm³/mol.